The average Bonchev–Trinajstić information content (AvgIpc) is 3.13. The van der Waals surface area contributed by atoms with Crippen molar-refractivity contribution >= 4 is 11.6 Å². The molecule has 3 rings (SSSR count). The molecule has 0 unspecified atom stereocenters. The summed E-state index contributed by atoms with van der Waals surface area (Å²) in [6, 6.07) is 13.9. The van der Waals surface area contributed by atoms with Gasteiger partial charge in [0.1, 0.15) is 17.3 Å². The van der Waals surface area contributed by atoms with Gasteiger partial charge >= 0.3 is 0 Å². The Balaban J connectivity index is 1.92. The van der Waals surface area contributed by atoms with Crippen molar-refractivity contribution in [3.63, 3.8) is 0 Å². The van der Waals surface area contributed by atoms with Crippen molar-refractivity contribution in [3.8, 4) is 5.69 Å². The van der Waals surface area contributed by atoms with Crippen LogP contribution < -0.4 is 10.6 Å². The Bertz CT molecular complexity index is 967. The van der Waals surface area contributed by atoms with Crippen LogP contribution in [0.1, 0.15) is 48.7 Å². The minimum absolute atomic E-state index is 0.00482. The normalized spacial score (nSPS) is 11.0. The smallest absolute Gasteiger partial charge is 0.295 e. The highest BCUT2D eigenvalue weighted by Gasteiger charge is 2.21. The van der Waals surface area contributed by atoms with Gasteiger partial charge in [-0.2, -0.15) is 0 Å². The maximum atomic E-state index is 14.3. The van der Waals surface area contributed by atoms with Gasteiger partial charge in [-0.15, -0.1) is 5.10 Å². The number of amides is 1. The lowest BCUT2D eigenvalue weighted by molar-refractivity contribution is 0.101. The molecule has 0 saturated heterocycles. The molecule has 1 heterocycles. The minimum atomic E-state index is -0.430. The van der Waals surface area contributed by atoms with E-state index in [0.29, 0.717) is 18.1 Å². The molecular formula is C21H24FN5O. The van der Waals surface area contributed by atoms with E-state index in [1.165, 1.54) is 10.7 Å². The van der Waals surface area contributed by atoms with Gasteiger partial charge in [-0.3, -0.25) is 4.79 Å². The van der Waals surface area contributed by atoms with E-state index in [2.05, 4.69) is 20.7 Å². The molecule has 0 aliphatic rings. The van der Waals surface area contributed by atoms with Gasteiger partial charge in [0.05, 0.1) is 0 Å². The third kappa shape index (κ3) is 4.26. The van der Waals surface area contributed by atoms with Crippen molar-refractivity contribution in [2.45, 2.75) is 33.2 Å². The fourth-order valence-electron chi connectivity index (χ4n) is 2.83. The number of hydrogen-bond acceptors (Lipinski definition) is 4. The first-order valence-electron chi connectivity index (χ1n) is 9.33. The first-order valence-corrected chi connectivity index (χ1v) is 9.33. The zero-order valence-corrected chi connectivity index (χ0v) is 16.2. The molecule has 0 atom stereocenters. The third-order valence-electron chi connectivity index (χ3n) is 4.26. The maximum Gasteiger partial charge on any atom is 0.295 e. The van der Waals surface area contributed by atoms with Gasteiger partial charge in [0.15, 0.2) is 0 Å². The second kappa shape index (κ2) is 8.75. The Kier molecular flexibility index (Phi) is 6.16. The van der Waals surface area contributed by atoms with Gasteiger partial charge in [0, 0.05) is 18.2 Å². The second-order valence-electron chi connectivity index (χ2n) is 6.70. The number of carbonyl (C=O) groups excluding carboxylic acids is 1. The van der Waals surface area contributed by atoms with E-state index in [1.54, 1.807) is 18.2 Å². The molecule has 7 heteroatoms. The Morgan fingerprint density at radius 2 is 1.86 bits per heavy atom. The minimum Gasteiger partial charge on any atom is -0.319 e. The molecule has 0 radical (unpaired) electrons. The summed E-state index contributed by atoms with van der Waals surface area (Å²) in [7, 11) is 0. The lowest BCUT2D eigenvalue weighted by Crippen LogP contribution is -2.18. The molecular weight excluding hydrogens is 357 g/mol. The Morgan fingerprint density at radius 1 is 1.14 bits per heavy atom. The number of para-hydroxylation sites is 2. The summed E-state index contributed by atoms with van der Waals surface area (Å²) in [5.41, 5.74) is 1.93. The van der Waals surface area contributed by atoms with Crippen LogP contribution in [0.2, 0.25) is 0 Å². The number of benzene rings is 2. The molecule has 6 nitrogen and oxygen atoms in total. The lowest BCUT2D eigenvalue weighted by Gasteiger charge is -2.10. The van der Waals surface area contributed by atoms with E-state index in [1.807, 2.05) is 45.0 Å². The number of aromatic nitrogens is 3. The van der Waals surface area contributed by atoms with Crippen LogP contribution in [0.5, 0.6) is 0 Å². The molecule has 3 aromatic rings. The van der Waals surface area contributed by atoms with E-state index >= 15 is 0 Å². The highest BCUT2D eigenvalue weighted by atomic mass is 19.1. The summed E-state index contributed by atoms with van der Waals surface area (Å²) in [6.45, 7) is 7.34. The first kappa shape index (κ1) is 19.7. The monoisotopic (exact) mass is 381 g/mol. The fourth-order valence-corrected chi connectivity index (χ4v) is 2.83. The number of nitrogens with zero attached hydrogens (tertiary/aromatic N) is 3. The number of nitrogens with one attached hydrogen (secondary N) is 2. The predicted molar refractivity (Wildman–Crippen MR) is 107 cm³/mol. The van der Waals surface area contributed by atoms with Crippen LogP contribution in [0, 0.1) is 5.82 Å². The highest BCUT2D eigenvalue weighted by Crippen LogP contribution is 2.21. The molecule has 1 aromatic heterocycles. The number of rotatable bonds is 7. The molecule has 0 aliphatic carbocycles. The van der Waals surface area contributed by atoms with Crippen LogP contribution in [-0.2, 0) is 6.54 Å². The lowest BCUT2D eigenvalue weighted by atomic mass is 10.1. The Hall–Kier alpha value is -3.06. The van der Waals surface area contributed by atoms with Crippen molar-refractivity contribution in [1.82, 2.24) is 20.1 Å². The van der Waals surface area contributed by atoms with Crippen LogP contribution >= 0.6 is 0 Å². The first-order chi connectivity index (χ1) is 13.5. The topological polar surface area (TPSA) is 71.8 Å². The van der Waals surface area contributed by atoms with Gasteiger partial charge < -0.3 is 10.6 Å². The van der Waals surface area contributed by atoms with E-state index in [4.69, 9.17) is 0 Å². The number of anilines is 1. The van der Waals surface area contributed by atoms with Crippen molar-refractivity contribution in [1.29, 1.82) is 0 Å². The molecule has 146 valence electrons. The number of carbonyl (C=O) groups is 1. The third-order valence-corrected chi connectivity index (χ3v) is 4.26. The molecule has 0 spiro atoms. The highest BCUT2D eigenvalue weighted by molar-refractivity contribution is 6.02. The van der Waals surface area contributed by atoms with Gasteiger partial charge in [-0.1, -0.05) is 51.1 Å². The van der Waals surface area contributed by atoms with Crippen molar-refractivity contribution < 1.29 is 9.18 Å². The molecule has 0 bridgehead atoms. The summed E-state index contributed by atoms with van der Waals surface area (Å²) in [6.07, 6.45) is 0. The molecule has 1 amide bonds. The number of halogens is 1. The molecule has 0 saturated carbocycles. The largest absolute Gasteiger partial charge is 0.319 e. The van der Waals surface area contributed by atoms with Crippen molar-refractivity contribution in [2.75, 3.05) is 11.9 Å². The zero-order chi connectivity index (χ0) is 20.1. The van der Waals surface area contributed by atoms with E-state index in [9.17, 15) is 9.18 Å². The van der Waals surface area contributed by atoms with Crippen LogP contribution in [-0.4, -0.2) is 27.2 Å². The van der Waals surface area contributed by atoms with Crippen LogP contribution in [0.15, 0.2) is 48.5 Å². The van der Waals surface area contributed by atoms with Gasteiger partial charge in [-0.05, 0) is 30.3 Å². The van der Waals surface area contributed by atoms with E-state index in [-0.39, 0.29) is 17.4 Å². The molecule has 2 aromatic carbocycles. The van der Waals surface area contributed by atoms with E-state index < -0.39 is 11.7 Å². The maximum absolute atomic E-state index is 14.3. The fraction of sp³-hybridized carbons (Fsp3) is 0.286. The van der Waals surface area contributed by atoms with Crippen molar-refractivity contribution in [2.24, 2.45) is 0 Å². The Morgan fingerprint density at radius 3 is 2.57 bits per heavy atom. The van der Waals surface area contributed by atoms with Crippen LogP contribution in [0.4, 0.5) is 10.1 Å². The predicted octanol–water partition coefficient (Wildman–Crippen LogP) is 3.89. The van der Waals surface area contributed by atoms with Crippen molar-refractivity contribution in [3.05, 3.63) is 71.6 Å². The summed E-state index contributed by atoms with van der Waals surface area (Å²) >= 11 is 0. The van der Waals surface area contributed by atoms with Crippen LogP contribution in [0.3, 0.4) is 0 Å². The quantitative estimate of drug-likeness (QED) is 0.651. The standard InChI is InChI=1S/C21H24FN5O/c1-4-23-13-15-9-5-7-11-17(15)24-21(28)19-25-20(14(2)3)27(26-19)18-12-8-6-10-16(18)22/h5-12,14,23H,4,13H2,1-3H3,(H,24,28). The average molecular weight is 381 g/mol. The number of hydrogen-bond donors (Lipinski definition) is 2. The Labute approximate surface area is 163 Å². The summed E-state index contributed by atoms with van der Waals surface area (Å²) in [4.78, 5) is 17.2. The SMILES string of the molecule is CCNCc1ccccc1NC(=O)c1nc(C(C)C)n(-c2ccccc2F)n1. The molecule has 2 N–H and O–H groups in total. The van der Waals surface area contributed by atoms with Gasteiger partial charge in [0.25, 0.3) is 5.91 Å². The molecule has 28 heavy (non-hydrogen) atoms. The summed E-state index contributed by atoms with van der Waals surface area (Å²) in [5, 5.41) is 10.4. The summed E-state index contributed by atoms with van der Waals surface area (Å²) < 4.78 is 15.7. The molecule has 0 fully saturated rings. The van der Waals surface area contributed by atoms with Gasteiger partial charge in [0.2, 0.25) is 5.82 Å². The zero-order valence-electron chi connectivity index (χ0n) is 16.2. The van der Waals surface area contributed by atoms with Gasteiger partial charge in [-0.25, -0.2) is 14.1 Å². The molecule has 0 aliphatic heterocycles. The van der Waals surface area contributed by atoms with Crippen LogP contribution in [0.25, 0.3) is 5.69 Å². The van der Waals surface area contributed by atoms with E-state index in [0.717, 1.165) is 12.1 Å². The summed E-state index contributed by atoms with van der Waals surface area (Å²) in [5.74, 6) is -0.353. The second-order valence-corrected chi connectivity index (χ2v) is 6.70.